The molecule has 0 aliphatic carbocycles. The van der Waals surface area contributed by atoms with Gasteiger partial charge in [-0.25, -0.2) is 0 Å². The quantitative estimate of drug-likeness (QED) is 0.348. The molecular weight excluding hydrogens is 257 g/mol. The number of hydrogen-bond donors (Lipinski definition) is 4. The highest BCUT2D eigenvalue weighted by Gasteiger charge is 2.22. The molecule has 0 bridgehead atoms. The Morgan fingerprint density at radius 1 is 1.31 bits per heavy atom. The Balaban J connectivity index is 3.36. The van der Waals surface area contributed by atoms with Crippen LogP contribution in [0.1, 0.15) is 5.56 Å². The van der Waals surface area contributed by atoms with E-state index in [2.05, 4.69) is 0 Å². The Kier molecular flexibility index (Phi) is 3.41. The summed E-state index contributed by atoms with van der Waals surface area (Å²) in [5.74, 6) is 0. The fraction of sp³-hybridized carbons (Fsp3) is 0.143. The van der Waals surface area contributed by atoms with Crippen molar-refractivity contribution in [1.29, 1.82) is 0 Å². The average Bonchev–Trinajstić information content (AvgIpc) is 1.97. The molecule has 1 rings (SSSR count). The van der Waals surface area contributed by atoms with Crippen LogP contribution in [0.3, 0.4) is 0 Å². The minimum Gasteiger partial charge on any atom is -0.399 e. The molecule has 0 aliphatic rings. The highest BCUT2D eigenvalue weighted by atomic mass is 32.2. The average molecular weight is 267 g/mol. The van der Waals surface area contributed by atoms with Gasteiger partial charge in [-0.1, -0.05) is 0 Å². The first-order valence-electron chi connectivity index (χ1n) is 4.00. The molecule has 1 aromatic rings. The second-order valence-corrected chi connectivity index (χ2v) is 6.20. The molecule has 16 heavy (non-hydrogen) atoms. The van der Waals surface area contributed by atoms with Crippen LogP contribution < -0.4 is 5.73 Å². The molecule has 0 atom stereocenters. The molecule has 1 aromatic carbocycles. The Hall–Kier alpha value is -0.920. The van der Waals surface area contributed by atoms with E-state index in [9.17, 15) is 13.0 Å². The number of nitrogens with two attached hydrogens (primary N) is 1. The molecule has 0 aliphatic heterocycles. The van der Waals surface area contributed by atoms with Crippen LogP contribution in [0.2, 0.25) is 0 Å². The van der Waals surface area contributed by atoms with E-state index in [-0.39, 0.29) is 11.3 Å². The predicted molar refractivity (Wildman–Crippen MR) is 56.4 cm³/mol. The zero-order valence-corrected chi connectivity index (χ0v) is 9.65. The highest BCUT2D eigenvalue weighted by molar-refractivity contribution is 7.86. The monoisotopic (exact) mass is 267 g/mol. The van der Waals surface area contributed by atoms with Gasteiger partial charge in [-0.15, -0.1) is 0 Å². The third-order valence-electron chi connectivity index (χ3n) is 1.74. The first-order chi connectivity index (χ1) is 7.09. The molecule has 0 amide bonds. The summed E-state index contributed by atoms with van der Waals surface area (Å²) < 4.78 is 41.4. The van der Waals surface area contributed by atoms with Gasteiger partial charge >= 0.3 is 7.60 Å². The van der Waals surface area contributed by atoms with Gasteiger partial charge in [0, 0.05) is 5.69 Å². The first-order valence-corrected chi connectivity index (χ1v) is 7.24. The second kappa shape index (κ2) is 4.15. The van der Waals surface area contributed by atoms with Crippen molar-refractivity contribution in [3.8, 4) is 0 Å². The lowest BCUT2D eigenvalue weighted by Crippen LogP contribution is -2.04. The summed E-state index contributed by atoms with van der Waals surface area (Å²) in [6.45, 7) is 0. The van der Waals surface area contributed by atoms with Crippen molar-refractivity contribution in [2.45, 2.75) is 11.1 Å². The van der Waals surface area contributed by atoms with Gasteiger partial charge in [0.2, 0.25) is 0 Å². The summed E-state index contributed by atoms with van der Waals surface area (Å²) in [7, 11) is -8.96. The fourth-order valence-corrected chi connectivity index (χ4v) is 2.71. The van der Waals surface area contributed by atoms with E-state index >= 15 is 0 Å². The van der Waals surface area contributed by atoms with Crippen LogP contribution in [0.25, 0.3) is 0 Å². The van der Waals surface area contributed by atoms with E-state index < -0.39 is 28.8 Å². The number of hydrogen-bond acceptors (Lipinski definition) is 4. The molecule has 0 heterocycles. The number of benzene rings is 1. The fourth-order valence-electron chi connectivity index (χ4n) is 1.20. The molecule has 90 valence electrons. The molecule has 5 N–H and O–H groups in total. The van der Waals surface area contributed by atoms with Gasteiger partial charge in [-0.05, 0) is 23.8 Å². The molecule has 7 nitrogen and oxygen atoms in total. The van der Waals surface area contributed by atoms with Crippen LogP contribution in [0.15, 0.2) is 23.1 Å². The van der Waals surface area contributed by atoms with Crippen LogP contribution in [0, 0.1) is 0 Å². The van der Waals surface area contributed by atoms with Gasteiger partial charge in [-0.3, -0.25) is 9.12 Å². The summed E-state index contributed by atoms with van der Waals surface area (Å²) >= 11 is 0. The number of rotatable bonds is 3. The lowest BCUT2D eigenvalue weighted by Gasteiger charge is -2.09. The second-order valence-electron chi connectivity index (χ2n) is 3.17. The zero-order valence-electron chi connectivity index (χ0n) is 7.94. The maximum Gasteiger partial charge on any atom is 0.329 e. The van der Waals surface area contributed by atoms with Crippen LogP contribution in [0.4, 0.5) is 5.69 Å². The maximum atomic E-state index is 10.9. The van der Waals surface area contributed by atoms with Crippen molar-refractivity contribution in [1.82, 2.24) is 0 Å². The number of nitrogen functional groups attached to an aromatic ring is 1. The van der Waals surface area contributed by atoms with E-state index in [1.807, 2.05) is 0 Å². The van der Waals surface area contributed by atoms with E-state index in [4.69, 9.17) is 20.1 Å². The summed E-state index contributed by atoms with van der Waals surface area (Å²) in [6, 6.07) is 3.31. The van der Waals surface area contributed by atoms with Gasteiger partial charge in [-0.2, -0.15) is 8.42 Å². The Morgan fingerprint density at radius 3 is 2.31 bits per heavy atom. The van der Waals surface area contributed by atoms with Crippen molar-refractivity contribution >= 4 is 23.4 Å². The standard InChI is InChI=1S/C7H10NO6PS/c8-6-1-2-7(16(12,13)14)5(3-6)4-15(9,10)11/h1-3H,4,8H2,(H2,9,10,11)(H,12,13,14). The molecule has 0 aromatic heterocycles. The van der Waals surface area contributed by atoms with Crippen molar-refractivity contribution in [3.05, 3.63) is 23.8 Å². The zero-order chi connectivity index (χ0) is 12.6. The van der Waals surface area contributed by atoms with Crippen LogP contribution in [-0.2, 0) is 20.8 Å². The minimum atomic E-state index is -4.52. The van der Waals surface area contributed by atoms with Crippen molar-refractivity contribution in [3.63, 3.8) is 0 Å². The smallest absolute Gasteiger partial charge is 0.329 e. The van der Waals surface area contributed by atoms with Crippen LogP contribution in [-0.4, -0.2) is 22.8 Å². The number of anilines is 1. The molecule has 0 saturated heterocycles. The normalized spacial score (nSPS) is 12.7. The van der Waals surface area contributed by atoms with Gasteiger partial charge < -0.3 is 15.5 Å². The topological polar surface area (TPSA) is 138 Å². The molecule has 0 fully saturated rings. The minimum absolute atomic E-state index is 0.149. The maximum absolute atomic E-state index is 10.9. The summed E-state index contributed by atoms with van der Waals surface area (Å²) in [6.07, 6.45) is -0.798. The van der Waals surface area contributed by atoms with Crippen molar-refractivity contribution < 1.29 is 27.3 Å². The van der Waals surface area contributed by atoms with Gasteiger partial charge in [0.25, 0.3) is 10.1 Å². The van der Waals surface area contributed by atoms with Crippen LogP contribution >= 0.6 is 7.60 Å². The third-order valence-corrected chi connectivity index (χ3v) is 3.45. The van der Waals surface area contributed by atoms with E-state index in [0.717, 1.165) is 12.1 Å². The Labute approximate surface area is 91.8 Å². The predicted octanol–water partition coefficient (Wildman–Crippen LogP) is 0.193. The first kappa shape index (κ1) is 13.1. The molecule has 0 radical (unpaired) electrons. The Morgan fingerprint density at radius 2 is 1.88 bits per heavy atom. The Bertz CT molecular complexity index is 548. The summed E-state index contributed by atoms with van der Waals surface area (Å²) in [4.78, 5) is 16.9. The largest absolute Gasteiger partial charge is 0.399 e. The lowest BCUT2D eigenvalue weighted by molar-refractivity contribution is 0.371. The van der Waals surface area contributed by atoms with Crippen molar-refractivity contribution in [2.24, 2.45) is 0 Å². The van der Waals surface area contributed by atoms with Gasteiger partial charge in [0.05, 0.1) is 11.1 Å². The molecule has 0 spiro atoms. The summed E-state index contributed by atoms with van der Waals surface area (Å²) in [5.41, 5.74) is 5.30. The molecule has 9 heteroatoms. The SMILES string of the molecule is Nc1ccc(S(=O)(=O)O)c(CP(=O)(O)O)c1. The van der Waals surface area contributed by atoms with Gasteiger partial charge in [0.15, 0.2) is 0 Å². The van der Waals surface area contributed by atoms with E-state index in [1.54, 1.807) is 0 Å². The molecular formula is C7H10NO6PS. The summed E-state index contributed by atoms with van der Waals surface area (Å²) in [5, 5.41) is 0. The molecule has 0 unspecified atom stereocenters. The third kappa shape index (κ3) is 3.58. The van der Waals surface area contributed by atoms with Crippen molar-refractivity contribution in [2.75, 3.05) is 5.73 Å². The van der Waals surface area contributed by atoms with Crippen LogP contribution in [0.5, 0.6) is 0 Å². The molecule has 0 saturated carbocycles. The van der Waals surface area contributed by atoms with Gasteiger partial charge in [0.1, 0.15) is 0 Å². The highest BCUT2D eigenvalue weighted by Crippen LogP contribution is 2.41. The lowest BCUT2D eigenvalue weighted by atomic mass is 10.2. The van der Waals surface area contributed by atoms with E-state index in [0.29, 0.717) is 0 Å². The van der Waals surface area contributed by atoms with E-state index in [1.165, 1.54) is 6.07 Å².